The van der Waals surface area contributed by atoms with E-state index in [0.717, 1.165) is 27.0 Å². The van der Waals surface area contributed by atoms with Crippen LogP contribution in [-0.4, -0.2) is 41.4 Å². The van der Waals surface area contributed by atoms with Gasteiger partial charge in [-0.25, -0.2) is 23.7 Å². The number of aromatic nitrogens is 4. The third-order valence-corrected chi connectivity index (χ3v) is 5.50. The number of aromatic carboxylic acids is 1. The predicted molar refractivity (Wildman–Crippen MR) is 96.3 cm³/mol. The zero-order chi connectivity index (χ0) is 18.6. The number of carboxylic acids is 1. The van der Waals surface area contributed by atoms with Crippen molar-refractivity contribution < 1.29 is 19.8 Å². The number of carbonyl (C=O) groups is 2. The lowest BCUT2D eigenvalue weighted by Gasteiger charge is -2.10. The number of thiophene rings is 1. The zero-order valence-electron chi connectivity index (χ0n) is 13.9. The highest BCUT2D eigenvalue weighted by molar-refractivity contribution is 7.21. The van der Waals surface area contributed by atoms with E-state index < -0.39 is 12.1 Å². The number of carboxylic acid groups (broad SMARTS) is 2. The van der Waals surface area contributed by atoms with Crippen LogP contribution in [0.4, 0.5) is 4.79 Å². The standard InChI is InChI=1S/C17H14N4O4S/c1-3-10-13(9-4-8(2)15-18-7-19-20(15)6-9)21(17(24)25)11-5-12(16(22)23)26-14(10)11/h4-7H,3H2,1-2H3,(H,22,23)(H,24,25). The minimum atomic E-state index is -1.16. The Hall–Kier alpha value is -3.20. The van der Waals surface area contributed by atoms with Gasteiger partial charge in [0.25, 0.3) is 0 Å². The molecular formula is C17H14N4O4S. The Labute approximate surface area is 150 Å². The summed E-state index contributed by atoms with van der Waals surface area (Å²) in [4.78, 5) is 27.6. The van der Waals surface area contributed by atoms with Gasteiger partial charge in [-0.3, -0.25) is 0 Å². The smallest absolute Gasteiger partial charge is 0.416 e. The highest BCUT2D eigenvalue weighted by Gasteiger charge is 2.25. The van der Waals surface area contributed by atoms with E-state index in [2.05, 4.69) is 10.1 Å². The summed E-state index contributed by atoms with van der Waals surface area (Å²) in [6.07, 6.45) is 2.60. The maximum Gasteiger partial charge on any atom is 0.416 e. The van der Waals surface area contributed by atoms with Crippen molar-refractivity contribution in [3.8, 4) is 11.3 Å². The first kappa shape index (κ1) is 16.3. The maximum absolute atomic E-state index is 12.0. The summed E-state index contributed by atoms with van der Waals surface area (Å²) in [5.41, 5.74) is 4.01. The molecule has 0 fully saturated rings. The molecule has 4 heterocycles. The van der Waals surface area contributed by atoms with E-state index in [0.29, 0.717) is 33.5 Å². The first-order valence-electron chi connectivity index (χ1n) is 7.86. The molecule has 0 atom stereocenters. The topological polar surface area (TPSA) is 110 Å². The summed E-state index contributed by atoms with van der Waals surface area (Å²) >= 11 is 1.09. The van der Waals surface area contributed by atoms with Gasteiger partial charge in [0.05, 0.1) is 15.9 Å². The fourth-order valence-electron chi connectivity index (χ4n) is 3.29. The van der Waals surface area contributed by atoms with E-state index in [1.54, 1.807) is 10.7 Å². The van der Waals surface area contributed by atoms with Gasteiger partial charge in [0.15, 0.2) is 5.65 Å². The van der Waals surface area contributed by atoms with Gasteiger partial charge in [0.2, 0.25) is 0 Å². The number of aryl methyl sites for hydroxylation is 2. The highest BCUT2D eigenvalue weighted by atomic mass is 32.1. The second-order valence-corrected chi connectivity index (χ2v) is 6.92. The van der Waals surface area contributed by atoms with Crippen LogP contribution < -0.4 is 0 Å². The molecule has 0 bridgehead atoms. The molecule has 4 aromatic heterocycles. The second-order valence-electron chi connectivity index (χ2n) is 5.87. The molecule has 0 spiro atoms. The van der Waals surface area contributed by atoms with Gasteiger partial charge in [0.1, 0.15) is 11.2 Å². The van der Waals surface area contributed by atoms with Crippen molar-refractivity contribution in [1.29, 1.82) is 0 Å². The van der Waals surface area contributed by atoms with Crippen molar-refractivity contribution in [2.24, 2.45) is 0 Å². The van der Waals surface area contributed by atoms with Gasteiger partial charge >= 0.3 is 12.1 Å². The van der Waals surface area contributed by atoms with Crippen molar-refractivity contribution in [2.45, 2.75) is 20.3 Å². The lowest BCUT2D eigenvalue weighted by molar-refractivity contribution is 0.0702. The van der Waals surface area contributed by atoms with Gasteiger partial charge in [-0.1, -0.05) is 6.92 Å². The molecule has 0 aromatic carbocycles. The molecule has 0 aliphatic rings. The largest absolute Gasteiger partial charge is 0.477 e. The summed E-state index contributed by atoms with van der Waals surface area (Å²) in [5.74, 6) is -1.06. The van der Waals surface area contributed by atoms with E-state index in [1.165, 1.54) is 12.4 Å². The number of hydrogen-bond donors (Lipinski definition) is 2. The van der Waals surface area contributed by atoms with Gasteiger partial charge in [-0.15, -0.1) is 11.3 Å². The summed E-state index contributed by atoms with van der Waals surface area (Å²) in [6, 6.07) is 3.29. The minimum absolute atomic E-state index is 0.120. The third kappa shape index (κ3) is 2.21. The molecule has 2 N–H and O–H groups in total. The lowest BCUT2D eigenvalue weighted by atomic mass is 10.1. The average Bonchev–Trinajstić information content (AvgIpc) is 3.26. The fourth-order valence-corrected chi connectivity index (χ4v) is 4.38. The number of pyridine rings is 1. The van der Waals surface area contributed by atoms with Crippen molar-refractivity contribution in [2.75, 3.05) is 0 Å². The molecular weight excluding hydrogens is 356 g/mol. The molecule has 0 radical (unpaired) electrons. The number of fused-ring (bicyclic) bond motifs is 2. The Morgan fingerprint density at radius 1 is 1.27 bits per heavy atom. The molecule has 4 aromatic rings. The summed E-state index contributed by atoms with van der Waals surface area (Å²) in [6.45, 7) is 3.81. The van der Waals surface area contributed by atoms with Crippen LogP contribution in [0.1, 0.15) is 27.7 Å². The molecule has 0 unspecified atom stereocenters. The van der Waals surface area contributed by atoms with Crippen LogP contribution in [0, 0.1) is 6.92 Å². The Morgan fingerprint density at radius 3 is 2.69 bits per heavy atom. The summed E-state index contributed by atoms with van der Waals surface area (Å²) < 4.78 is 3.45. The van der Waals surface area contributed by atoms with Crippen LogP contribution in [0.25, 0.3) is 27.1 Å². The van der Waals surface area contributed by atoms with Gasteiger partial charge in [0, 0.05) is 11.8 Å². The lowest BCUT2D eigenvalue weighted by Crippen LogP contribution is -2.10. The summed E-state index contributed by atoms with van der Waals surface area (Å²) in [5, 5.41) is 23.2. The van der Waals surface area contributed by atoms with E-state index in [1.807, 2.05) is 19.9 Å². The summed E-state index contributed by atoms with van der Waals surface area (Å²) in [7, 11) is 0. The van der Waals surface area contributed by atoms with Crippen LogP contribution in [-0.2, 0) is 6.42 Å². The first-order chi connectivity index (χ1) is 12.4. The van der Waals surface area contributed by atoms with E-state index >= 15 is 0 Å². The Balaban J connectivity index is 2.10. The van der Waals surface area contributed by atoms with Gasteiger partial charge in [-0.2, -0.15) is 5.10 Å². The molecule has 4 rings (SSSR count). The van der Waals surface area contributed by atoms with Crippen LogP contribution in [0.15, 0.2) is 24.7 Å². The molecule has 0 saturated carbocycles. The van der Waals surface area contributed by atoms with Crippen LogP contribution in [0.5, 0.6) is 0 Å². The molecule has 26 heavy (non-hydrogen) atoms. The van der Waals surface area contributed by atoms with Gasteiger partial charge in [-0.05, 0) is 36.6 Å². The monoisotopic (exact) mass is 370 g/mol. The Bertz CT molecular complexity index is 1200. The van der Waals surface area contributed by atoms with Crippen LogP contribution in [0.3, 0.4) is 0 Å². The van der Waals surface area contributed by atoms with E-state index in [4.69, 9.17) is 0 Å². The number of hydrogen-bond acceptors (Lipinski definition) is 5. The Morgan fingerprint density at radius 2 is 2.04 bits per heavy atom. The zero-order valence-corrected chi connectivity index (χ0v) is 14.7. The average molecular weight is 370 g/mol. The highest BCUT2D eigenvalue weighted by Crippen LogP contribution is 2.39. The Kier molecular flexibility index (Phi) is 3.55. The van der Waals surface area contributed by atoms with Crippen molar-refractivity contribution in [1.82, 2.24) is 19.2 Å². The molecule has 0 aliphatic heterocycles. The van der Waals surface area contributed by atoms with Crippen molar-refractivity contribution >= 4 is 39.3 Å². The number of rotatable bonds is 3. The quantitative estimate of drug-likeness (QED) is 0.571. The molecule has 0 saturated heterocycles. The van der Waals surface area contributed by atoms with Crippen LogP contribution >= 0.6 is 11.3 Å². The van der Waals surface area contributed by atoms with Gasteiger partial charge < -0.3 is 10.2 Å². The molecule has 132 valence electrons. The van der Waals surface area contributed by atoms with Crippen molar-refractivity contribution in [3.63, 3.8) is 0 Å². The van der Waals surface area contributed by atoms with Crippen molar-refractivity contribution in [3.05, 3.63) is 40.7 Å². The normalized spacial score (nSPS) is 11.5. The maximum atomic E-state index is 12.0. The minimum Gasteiger partial charge on any atom is -0.477 e. The van der Waals surface area contributed by atoms with Crippen LogP contribution in [0.2, 0.25) is 0 Å². The molecule has 8 nitrogen and oxygen atoms in total. The third-order valence-electron chi connectivity index (χ3n) is 4.33. The fraction of sp³-hybridized carbons (Fsp3) is 0.176. The molecule has 0 aliphatic carbocycles. The molecule has 0 amide bonds. The first-order valence-corrected chi connectivity index (χ1v) is 8.68. The number of nitrogens with zero attached hydrogens (tertiary/aromatic N) is 4. The predicted octanol–water partition coefficient (Wildman–Crippen LogP) is 3.51. The second kappa shape index (κ2) is 5.67. The molecule has 9 heteroatoms. The van der Waals surface area contributed by atoms with E-state index in [-0.39, 0.29) is 4.88 Å². The SMILES string of the molecule is CCc1c(-c2cc(C)c3ncnn3c2)n(C(=O)O)c2cc(C(=O)O)sc12. The van der Waals surface area contributed by atoms with E-state index in [9.17, 15) is 19.8 Å².